The van der Waals surface area contributed by atoms with Gasteiger partial charge in [0.25, 0.3) is 0 Å². The molecule has 1 N–H and O–H groups in total. The topological polar surface area (TPSA) is 87.7 Å². The van der Waals surface area contributed by atoms with Gasteiger partial charge in [0.1, 0.15) is 23.5 Å². The van der Waals surface area contributed by atoms with Crippen LogP contribution in [-0.2, 0) is 16.0 Å². The van der Waals surface area contributed by atoms with Gasteiger partial charge in [-0.2, -0.15) is 5.10 Å². The number of aromatic nitrogens is 2. The first kappa shape index (κ1) is 24.6. The molecule has 192 valence electrons. The van der Waals surface area contributed by atoms with Crippen LogP contribution in [0.3, 0.4) is 0 Å². The summed E-state index contributed by atoms with van der Waals surface area (Å²) in [5.74, 6) is -0.236. The second kappa shape index (κ2) is 10.9. The smallest absolute Gasteiger partial charge is 0.231 e. The van der Waals surface area contributed by atoms with E-state index < -0.39 is 11.6 Å². The molecule has 0 atom stereocenters. The van der Waals surface area contributed by atoms with Gasteiger partial charge in [-0.25, -0.2) is 8.78 Å². The van der Waals surface area contributed by atoms with Crippen LogP contribution in [-0.4, -0.2) is 59.2 Å². The van der Waals surface area contributed by atoms with E-state index >= 15 is 0 Å². The molecule has 3 heterocycles. The van der Waals surface area contributed by atoms with Gasteiger partial charge in [-0.1, -0.05) is 6.07 Å². The Bertz CT molecular complexity index is 1240. The molecule has 37 heavy (non-hydrogen) atoms. The fourth-order valence-corrected chi connectivity index (χ4v) is 4.51. The van der Waals surface area contributed by atoms with Crippen molar-refractivity contribution in [2.45, 2.75) is 25.4 Å². The maximum atomic E-state index is 13.9. The molecule has 2 saturated heterocycles. The van der Waals surface area contributed by atoms with E-state index in [0.29, 0.717) is 50.5 Å². The highest BCUT2D eigenvalue weighted by Gasteiger charge is 2.33. The SMILES string of the molecule is O=C(Nc1ccc(OC2CCN(C(=O)Cc3ccc(F)cc3F)CC2)cc1)C1CN(c2cccnn2)C1. The Morgan fingerprint density at radius 1 is 1.03 bits per heavy atom. The number of anilines is 2. The van der Waals surface area contributed by atoms with Crippen LogP contribution in [0.5, 0.6) is 5.75 Å². The summed E-state index contributed by atoms with van der Waals surface area (Å²) in [6, 6.07) is 14.2. The maximum Gasteiger partial charge on any atom is 0.231 e. The third-order valence-electron chi connectivity index (χ3n) is 6.71. The summed E-state index contributed by atoms with van der Waals surface area (Å²) in [4.78, 5) is 28.8. The largest absolute Gasteiger partial charge is 0.490 e. The highest BCUT2D eigenvalue weighted by Crippen LogP contribution is 2.25. The van der Waals surface area contributed by atoms with Gasteiger partial charge in [-0.05, 0) is 48.0 Å². The zero-order valence-corrected chi connectivity index (χ0v) is 20.1. The van der Waals surface area contributed by atoms with Gasteiger partial charge in [0.05, 0.1) is 12.3 Å². The molecule has 0 saturated carbocycles. The molecular weight excluding hydrogens is 480 g/mol. The quantitative estimate of drug-likeness (QED) is 0.527. The Labute approximate surface area is 213 Å². The number of carbonyl (C=O) groups excluding carboxylic acids is 2. The van der Waals surface area contributed by atoms with Crippen LogP contribution in [0.4, 0.5) is 20.3 Å². The number of amides is 2. The number of ether oxygens (including phenoxy) is 1. The second-order valence-electron chi connectivity index (χ2n) is 9.31. The Kier molecular flexibility index (Phi) is 7.25. The van der Waals surface area contributed by atoms with Crippen LogP contribution in [0.1, 0.15) is 18.4 Å². The van der Waals surface area contributed by atoms with Crippen LogP contribution >= 0.6 is 0 Å². The van der Waals surface area contributed by atoms with Crippen molar-refractivity contribution in [1.29, 1.82) is 0 Å². The van der Waals surface area contributed by atoms with E-state index in [4.69, 9.17) is 4.74 Å². The van der Waals surface area contributed by atoms with Crippen molar-refractivity contribution >= 4 is 23.3 Å². The number of halogens is 2. The van der Waals surface area contributed by atoms with Gasteiger partial charge in [0.2, 0.25) is 11.8 Å². The summed E-state index contributed by atoms with van der Waals surface area (Å²) in [7, 11) is 0. The summed E-state index contributed by atoms with van der Waals surface area (Å²) in [5.41, 5.74) is 0.890. The van der Waals surface area contributed by atoms with Crippen molar-refractivity contribution in [3.8, 4) is 5.75 Å². The molecular formula is C27H27F2N5O3. The predicted octanol–water partition coefficient (Wildman–Crippen LogP) is 3.44. The standard InChI is InChI=1S/C27H27F2N5O3/c28-20-4-3-18(24(29)15-20)14-26(35)33-12-9-23(10-13-33)37-22-7-5-21(6-8-22)31-27(36)19-16-34(17-19)25-2-1-11-30-32-25/h1-8,11,15,19,23H,9-10,12-14,16-17H2,(H,31,36). The fourth-order valence-electron chi connectivity index (χ4n) is 4.51. The van der Waals surface area contributed by atoms with Crippen LogP contribution in [0.2, 0.25) is 0 Å². The van der Waals surface area contributed by atoms with Crippen LogP contribution in [0.15, 0.2) is 60.8 Å². The number of piperidine rings is 1. The molecule has 10 heteroatoms. The summed E-state index contributed by atoms with van der Waals surface area (Å²) >= 11 is 0. The van der Waals surface area contributed by atoms with Crippen LogP contribution in [0.25, 0.3) is 0 Å². The first-order valence-electron chi connectivity index (χ1n) is 12.3. The van der Waals surface area contributed by atoms with Crippen molar-refractivity contribution in [3.05, 3.63) is 78.0 Å². The van der Waals surface area contributed by atoms with E-state index in [9.17, 15) is 18.4 Å². The van der Waals surface area contributed by atoms with E-state index in [1.54, 1.807) is 11.1 Å². The number of benzene rings is 2. The van der Waals surface area contributed by atoms with Gasteiger partial charge in [-0.15, -0.1) is 5.10 Å². The lowest BCUT2D eigenvalue weighted by molar-refractivity contribution is -0.132. The predicted molar refractivity (Wildman–Crippen MR) is 133 cm³/mol. The van der Waals surface area contributed by atoms with E-state index in [1.807, 2.05) is 41.3 Å². The van der Waals surface area contributed by atoms with E-state index in [-0.39, 0.29) is 35.8 Å². The zero-order chi connectivity index (χ0) is 25.8. The minimum atomic E-state index is -0.706. The van der Waals surface area contributed by atoms with Crippen molar-refractivity contribution in [2.75, 3.05) is 36.4 Å². The first-order chi connectivity index (χ1) is 17.9. The molecule has 1 aromatic heterocycles. The number of rotatable bonds is 7. The van der Waals surface area contributed by atoms with E-state index in [2.05, 4.69) is 15.5 Å². The Balaban J connectivity index is 1.04. The van der Waals surface area contributed by atoms with E-state index in [0.717, 1.165) is 18.0 Å². The number of nitrogens with zero attached hydrogens (tertiary/aromatic N) is 4. The lowest BCUT2D eigenvalue weighted by atomic mass is 9.99. The van der Waals surface area contributed by atoms with Crippen molar-refractivity contribution in [3.63, 3.8) is 0 Å². The number of hydrogen-bond donors (Lipinski definition) is 1. The molecule has 2 amide bonds. The molecule has 0 radical (unpaired) electrons. The lowest BCUT2D eigenvalue weighted by Crippen LogP contribution is -2.52. The Morgan fingerprint density at radius 3 is 2.46 bits per heavy atom. The molecule has 0 aliphatic carbocycles. The molecule has 2 aromatic carbocycles. The minimum absolute atomic E-state index is 0.0358. The van der Waals surface area contributed by atoms with Gasteiger partial charge < -0.3 is 19.9 Å². The van der Waals surface area contributed by atoms with Gasteiger partial charge >= 0.3 is 0 Å². The molecule has 3 aromatic rings. The molecule has 0 bridgehead atoms. The molecule has 2 aliphatic heterocycles. The molecule has 2 fully saturated rings. The average molecular weight is 508 g/mol. The minimum Gasteiger partial charge on any atom is -0.490 e. The number of carbonyl (C=O) groups is 2. The van der Waals surface area contributed by atoms with Gasteiger partial charge in [0, 0.05) is 57.0 Å². The maximum absolute atomic E-state index is 13.9. The number of nitrogens with one attached hydrogen (secondary N) is 1. The summed E-state index contributed by atoms with van der Waals surface area (Å²) < 4.78 is 33.0. The van der Waals surface area contributed by atoms with Gasteiger partial charge in [-0.3, -0.25) is 9.59 Å². The Morgan fingerprint density at radius 2 is 1.78 bits per heavy atom. The first-order valence-corrected chi connectivity index (χ1v) is 12.3. The fraction of sp³-hybridized carbons (Fsp3) is 0.333. The summed E-state index contributed by atoms with van der Waals surface area (Å²) in [6.07, 6.45) is 2.78. The number of likely N-dealkylation sites (tertiary alicyclic amines) is 1. The zero-order valence-electron chi connectivity index (χ0n) is 20.1. The molecule has 5 rings (SSSR count). The van der Waals surface area contributed by atoms with Crippen molar-refractivity contribution < 1.29 is 23.1 Å². The number of hydrogen-bond acceptors (Lipinski definition) is 6. The molecule has 0 spiro atoms. The van der Waals surface area contributed by atoms with Crippen molar-refractivity contribution in [2.24, 2.45) is 5.92 Å². The van der Waals surface area contributed by atoms with E-state index in [1.165, 1.54) is 6.07 Å². The molecule has 0 unspecified atom stereocenters. The average Bonchev–Trinajstić information content (AvgIpc) is 2.87. The van der Waals surface area contributed by atoms with Crippen molar-refractivity contribution in [1.82, 2.24) is 15.1 Å². The highest BCUT2D eigenvalue weighted by molar-refractivity contribution is 5.94. The normalized spacial score (nSPS) is 16.3. The van der Waals surface area contributed by atoms with Crippen LogP contribution < -0.4 is 15.0 Å². The third-order valence-corrected chi connectivity index (χ3v) is 6.71. The lowest BCUT2D eigenvalue weighted by Gasteiger charge is -2.38. The summed E-state index contributed by atoms with van der Waals surface area (Å²) in [6.45, 7) is 2.22. The molecule has 2 aliphatic rings. The van der Waals surface area contributed by atoms with Gasteiger partial charge in [0.15, 0.2) is 5.82 Å². The monoisotopic (exact) mass is 507 g/mol. The van der Waals surface area contributed by atoms with Crippen LogP contribution in [0, 0.1) is 17.6 Å². The third kappa shape index (κ3) is 6.02. The summed E-state index contributed by atoms with van der Waals surface area (Å²) in [5, 5.41) is 10.9. The Hall–Kier alpha value is -4.08. The molecule has 8 nitrogen and oxygen atoms in total. The highest BCUT2D eigenvalue weighted by atomic mass is 19.1. The second-order valence-corrected chi connectivity index (χ2v) is 9.31.